The van der Waals surface area contributed by atoms with Crippen LogP contribution in [0.2, 0.25) is 0 Å². The van der Waals surface area contributed by atoms with Gasteiger partial charge in [0, 0.05) is 5.69 Å². The molecule has 0 radical (unpaired) electrons. The summed E-state index contributed by atoms with van der Waals surface area (Å²) in [6.07, 6.45) is 1.69. The highest BCUT2D eigenvalue weighted by atomic mass is 16.5. The minimum Gasteiger partial charge on any atom is -0.497 e. The van der Waals surface area contributed by atoms with E-state index in [2.05, 4.69) is 10.4 Å². The Morgan fingerprint density at radius 2 is 1.57 bits per heavy atom. The molecule has 0 saturated carbocycles. The molecule has 174 valence electrons. The van der Waals surface area contributed by atoms with Gasteiger partial charge in [-0.2, -0.15) is 5.10 Å². The van der Waals surface area contributed by atoms with Crippen molar-refractivity contribution in [2.75, 3.05) is 17.3 Å². The first kappa shape index (κ1) is 21.1. The number of carbonyl (C=O) groups is 3. The van der Waals surface area contributed by atoms with E-state index < -0.39 is 29.8 Å². The van der Waals surface area contributed by atoms with E-state index in [1.165, 1.54) is 4.90 Å². The third-order valence-corrected chi connectivity index (χ3v) is 6.93. The summed E-state index contributed by atoms with van der Waals surface area (Å²) in [4.78, 5) is 42.4. The number of hydrogen-bond donors (Lipinski definition) is 1. The number of para-hydroxylation sites is 1. The van der Waals surface area contributed by atoms with Gasteiger partial charge in [-0.05, 0) is 47.5 Å². The molecule has 3 heterocycles. The molecule has 1 unspecified atom stereocenters. The van der Waals surface area contributed by atoms with Crippen molar-refractivity contribution in [3.05, 3.63) is 90.0 Å². The first-order valence-corrected chi connectivity index (χ1v) is 11.4. The van der Waals surface area contributed by atoms with Gasteiger partial charge in [0.1, 0.15) is 11.8 Å². The van der Waals surface area contributed by atoms with Crippen molar-refractivity contribution >= 4 is 35.3 Å². The van der Waals surface area contributed by atoms with Crippen LogP contribution in [0.5, 0.6) is 5.75 Å². The lowest BCUT2D eigenvalue weighted by molar-refractivity contribution is -0.129. The number of nitrogens with zero attached hydrogens (tertiary/aromatic N) is 3. The van der Waals surface area contributed by atoms with Crippen molar-refractivity contribution in [1.29, 1.82) is 0 Å². The van der Waals surface area contributed by atoms with Gasteiger partial charge in [0.2, 0.25) is 17.7 Å². The molecule has 6 rings (SSSR count). The molecule has 35 heavy (non-hydrogen) atoms. The third-order valence-electron chi connectivity index (χ3n) is 6.93. The maximum absolute atomic E-state index is 13.8. The maximum atomic E-state index is 13.8. The summed E-state index contributed by atoms with van der Waals surface area (Å²) in [5.41, 5.74) is 2.82. The molecule has 0 spiro atoms. The molecular weight excluding hydrogens is 444 g/mol. The smallest absolute Gasteiger partial charge is 0.249 e. The maximum Gasteiger partial charge on any atom is 0.249 e. The number of nitrogens with one attached hydrogen (secondary N) is 1. The van der Waals surface area contributed by atoms with Crippen LogP contribution in [0.25, 0.3) is 0 Å². The number of imide groups is 1. The largest absolute Gasteiger partial charge is 0.497 e. The number of ether oxygens (including phenoxy) is 1. The number of carbonyl (C=O) groups excluding carboxylic acids is 3. The average molecular weight is 466 g/mol. The number of rotatable bonds is 4. The van der Waals surface area contributed by atoms with Crippen LogP contribution in [-0.4, -0.2) is 42.1 Å². The van der Waals surface area contributed by atoms with Gasteiger partial charge in [-0.15, -0.1) is 0 Å². The number of methoxy groups -OCH3 is 1. The minimum atomic E-state index is -0.936. The predicted molar refractivity (Wildman–Crippen MR) is 130 cm³/mol. The van der Waals surface area contributed by atoms with Gasteiger partial charge in [0.15, 0.2) is 0 Å². The molecule has 3 aromatic rings. The number of fused-ring (bicyclic) bond motifs is 5. The zero-order valence-corrected chi connectivity index (χ0v) is 18.9. The molecule has 2 fully saturated rings. The second kappa shape index (κ2) is 8.09. The quantitative estimate of drug-likeness (QED) is 0.597. The van der Waals surface area contributed by atoms with Crippen molar-refractivity contribution in [1.82, 2.24) is 5.01 Å². The Bertz CT molecular complexity index is 1360. The third kappa shape index (κ3) is 3.21. The standard InChI is InChI=1S/C27H22N4O4/c1-35-19-13-11-18(12-14-19)30-26(33)21-22(27(30)34)24(25(32)29-17-8-3-2-4-9-17)31-23(21)20-10-6-5-7-16(20)15-28-31/h2-15,21-24H,1H3,(H,29,32)/t21-,22+,23?,24-/m1/s1. The second-order valence-corrected chi connectivity index (χ2v) is 8.76. The first-order chi connectivity index (χ1) is 17.1. The Balaban J connectivity index is 1.43. The average Bonchev–Trinajstić information content (AvgIpc) is 3.37. The van der Waals surface area contributed by atoms with Crippen LogP contribution in [0.4, 0.5) is 11.4 Å². The van der Waals surface area contributed by atoms with Crippen LogP contribution in [0.3, 0.4) is 0 Å². The highest BCUT2D eigenvalue weighted by Crippen LogP contribution is 2.52. The topological polar surface area (TPSA) is 91.3 Å². The van der Waals surface area contributed by atoms with Gasteiger partial charge in [0.25, 0.3) is 0 Å². The molecule has 0 aromatic heterocycles. The molecule has 4 atom stereocenters. The number of benzene rings is 3. The van der Waals surface area contributed by atoms with Crippen LogP contribution < -0.4 is 15.0 Å². The lowest BCUT2D eigenvalue weighted by Gasteiger charge is -2.33. The molecule has 2 saturated heterocycles. The number of amides is 3. The summed E-state index contributed by atoms with van der Waals surface area (Å²) in [5.74, 6) is -2.10. The molecule has 1 N–H and O–H groups in total. The van der Waals surface area contributed by atoms with Crippen molar-refractivity contribution in [3.8, 4) is 5.75 Å². The molecule has 8 heteroatoms. The van der Waals surface area contributed by atoms with Gasteiger partial charge in [-0.3, -0.25) is 19.4 Å². The van der Waals surface area contributed by atoms with Crippen LogP contribution >= 0.6 is 0 Å². The van der Waals surface area contributed by atoms with E-state index in [1.807, 2.05) is 42.5 Å². The first-order valence-electron chi connectivity index (χ1n) is 11.4. The normalized spacial score (nSPS) is 24.1. The van der Waals surface area contributed by atoms with E-state index in [1.54, 1.807) is 54.7 Å². The highest BCUT2D eigenvalue weighted by Gasteiger charge is 2.65. The van der Waals surface area contributed by atoms with Gasteiger partial charge < -0.3 is 10.1 Å². The van der Waals surface area contributed by atoms with Gasteiger partial charge >= 0.3 is 0 Å². The predicted octanol–water partition coefficient (Wildman–Crippen LogP) is 3.21. The Labute approximate surface area is 201 Å². The Hall–Kier alpha value is -4.46. The Morgan fingerprint density at radius 1 is 0.886 bits per heavy atom. The van der Waals surface area contributed by atoms with Crippen molar-refractivity contribution in [3.63, 3.8) is 0 Å². The Kier molecular flexibility index (Phi) is 4.88. The second-order valence-electron chi connectivity index (χ2n) is 8.76. The Morgan fingerprint density at radius 3 is 2.31 bits per heavy atom. The van der Waals surface area contributed by atoms with E-state index in [-0.39, 0.29) is 11.8 Å². The van der Waals surface area contributed by atoms with Crippen LogP contribution in [0.1, 0.15) is 17.2 Å². The molecule has 3 aliphatic rings. The zero-order chi connectivity index (χ0) is 24.1. The number of hydrogen-bond acceptors (Lipinski definition) is 6. The SMILES string of the molecule is COc1ccc(N2C(=O)[C@H]3[C@@H](C2=O)C2c4ccccc4C=NN2[C@H]3C(=O)Nc2ccccc2)cc1. The molecule has 3 aliphatic heterocycles. The van der Waals surface area contributed by atoms with Crippen molar-refractivity contribution in [2.45, 2.75) is 12.1 Å². The van der Waals surface area contributed by atoms with Gasteiger partial charge in [-0.1, -0.05) is 42.5 Å². The van der Waals surface area contributed by atoms with E-state index in [4.69, 9.17) is 4.74 Å². The lowest BCUT2D eigenvalue weighted by atomic mass is 9.85. The van der Waals surface area contributed by atoms with Crippen LogP contribution in [-0.2, 0) is 14.4 Å². The fourth-order valence-corrected chi connectivity index (χ4v) is 5.39. The van der Waals surface area contributed by atoms with Crippen LogP contribution in [0.15, 0.2) is 84.0 Å². The van der Waals surface area contributed by atoms with E-state index >= 15 is 0 Å². The summed E-state index contributed by atoms with van der Waals surface area (Å²) >= 11 is 0. The fourth-order valence-electron chi connectivity index (χ4n) is 5.39. The molecular formula is C27H22N4O4. The summed E-state index contributed by atoms with van der Waals surface area (Å²) in [5, 5.41) is 9.10. The molecule has 0 bridgehead atoms. The lowest BCUT2D eigenvalue weighted by Crippen LogP contribution is -2.46. The summed E-state index contributed by atoms with van der Waals surface area (Å²) < 4.78 is 5.21. The van der Waals surface area contributed by atoms with Crippen molar-refractivity contribution in [2.24, 2.45) is 16.9 Å². The molecule has 8 nitrogen and oxygen atoms in total. The summed E-state index contributed by atoms with van der Waals surface area (Å²) in [6, 6.07) is 22.0. The minimum absolute atomic E-state index is 0.331. The molecule has 3 aromatic carbocycles. The number of hydrazone groups is 1. The highest BCUT2D eigenvalue weighted by molar-refractivity contribution is 6.24. The summed E-state index contributed by atoms with van der Waals surface area (Å²) in [6.45, 7) is 0. The fraction of sp³-hybridized carbons (Fsp3) is 0.185. The molecule has 0 aliphatic carbocycles. The van der Waals surface area contributed by atoms with Gasteiger partial charge in [-0.25, -0.2) is 4.90 Å². The van der Waals surface area contributed by atoms with E-state index in [9.17, 15) is 14.4 Å². The van der Waals surface area contributed by atoms with Crippen molar-refractivity contribution < 1.29 is 19.1 Å². The van der Waals surface area contributed by atoms with E-state index in [0.717, 1.165) is 11.1 Å². The monoisotopic (exact) mass is 466 g/mol. The zero-order valence-electron chi connectivity index (χ0n) is 18.9. The van der Waals surface area contributed by atoms with Crippen LogP contribution in [0, 0.1) is 11.8 Å². The molecule has 3 amide bonds. The van der Waals surface area contributed by atoms with Gasteiger partial charge in [0.05, 0.1) is 36.9 Å². The van der Waals surface area contributed by atoms with E-state index in [0.29, 0.717) is 17.1 Å². The summed E-state index contributed by atoms with van der Waals surface area (Å²) in [7, 11) is 1.55. The number of anilines is 2.